The second-order valence-corrected chi connectivity index (χ2v) is 9.79. The second kappa shape index (κ2) is 7.89. The van der Waals surface area contributed by atoms with Crippen LogP contribution in [0.3, 0.4) is 0 Å². The van der Waals surface area contributed by atoms with Crippen LogP contribution in [0.25, 0.3) is 11.4 Å². The summed E-state index contributed by atoms with van der Waals surface area (Å²) in [4.78, 5) is 4.74. The van der Waals surface area contributed by atoms with Crippen LogP contribution < -0.4 is 0 Å². The molecular formula is C21H22ClN3O3S. The summed E-state index contributed by atoms with van der Waals surface area (Å²) >= 11 is 6.04. The molecule has 1 aliphatic heterocycles. The predicted octanol–water partition coefficient (Wildman–Crippen LogP) is 5.04. The van der Waals surface area contributed by atoms with Gasteiger partial charge in [-0.25, -0.2) is 8.42 Å². The Morgan fingerprint density at radius 3 is 2.62 bits per heavy atom. The highest BCUT2D eigenvalue weighted by Gasteiger charge is 2.39. The van der Waals surface area contributed by atoms with E-state index in [-0.39, 0.29) is 4.90 Å². The number of rotatable bonds is 5. The number of sulfonamides is 1. The lowest BCUT2D eigenvalue weighted by atomic mass is 10.0. The van der Waals surface area contributed by atoms with Crippen molar-refractivity contribution in [3.05, 3.63) is 65.0 Å². The van der Waals surface area contributed by atoms with Gasteiger partial charge in [-0.1, -0.05) is 54.9 Å². The minimum atomic E-state index is -3.66. The molecular weight excluding hydrogens is 410 g/mol. The zero-order valence-electron chi connectivity index (χ0n) is 16.2. The molecule has 0 amide bonds. The van der Waals surface area contributed by atoms with Crippen LogP contribution in [0.4, 0.5) is 0 Å². The summed E-state index contributed by atoms with van der Waals surface area (Å²) in [6, 6.07) is 13.8. The standard InChI is InChI=1S/C21H22ClN3O3S/c1-14(2)15-8-10-18(11-9-15)29(26,27)25-12-4-7-19(25)21-23-20(24-28-21)16-5-3-6-17(22)13-16/h3,5-6,8-11,13-14,19H,4,7,12H2,1-2H3/t19-/m0/s1. The third kappa shape index (κ3) is 3.95. The summed E-state index contributed by atoms with van der Waals surface area (Å²) in [5.74, 6) is 1.04. The van der Waals surface area contributed by atoms with Crippen molar-refractivity contribution in [1.82, 2.24) is 14.4 Å². The van der Waals surface area contributed by atoms with Gasteiger partial charge < -0.3 is 4.52 Å². The molecule has 152 valence electrons. The van der Waals surface area contributed by atoms with Gasteiger partial charge in [0.15, 0.2) is 0 Å². The molecule has 2 heterocycles. The summed E-state index contributed by atoms with van der Waals surface area (Å²) < 4.78 is 33.4. The number of aromatic nitrogens is 2. The zero-order chi connectivity index (χ0) is 20.6. The Bertz CT molecular complexity index is 1110. The number of hydrogen-bond donors (Lipinski definition) is 0. The SMILES string of the molecule is CC(C)c1ccc(S(=O)(=O)N2CCC[C@H]2c2nc(-c3cccc(Cl)c3)no2)cc1. The quantitative estimate of drug-likeness (QED) is 0.565. The maximum absolute atomic E-state index is 13.2. The fraction of sp³-hybridized carbons (Fsp3) is 0.333. The van der Waals surface area contributed by atoms with Crippen molar-refractivity contribution in [2.24, 2.45) is 0 Å². The first-order chi connectivity index (χ1) is 13.9. The van der Waals surface area contributed by atoms with E-state index < -0.39 is 16.1 Å². The van der Waals surface area contributed by atoms with Crippen LogP contribution in [-0.4, -0.2) is 29.4 Å². The molecule has 6 nitrogen and oxygen atoms in total. The van der Waals surface area contributed by atoms with Crippen molar-refractivity contribution in [2.75, 3.05) is 6.54 Å². The van der Waals surface area contributed by atoms with Crippen LogP contribution in [0.1, 0.15) is 50.1 Å². The Morgan fingerprint density at radius 1 is 1.17 bits per heavy atom. The van der Waals surface area contributed by atoms with E-state index in [0.717, 1.165) is 17.5 Å². The average molecular weight is 432 g/mol. The molecule has 29 heavy (non-hydrogen) atoms. The Balaban J connectivity index is 1.62. The van der Waals surface area contributed by atoms with Crippen molar-refractivity contribution in [2.45, 2.75) is 43.5 Å². The summed E-state index contributed by atoms with van der Waals surface area (Å²) in [7, 11) is -3.66. The number of benzene rings is 2. The molecule has 1 aromatic heterocycles. The average Bonchev–Trinajstić information content (AvgIpc) is 3.37. The van der Waals surface area contributed by atoms with Crippen LogP contribution in [0.15, 0.2) is 57.9 Å². The van der Waals surface area contributed by atoms with E-state index in [0.29, 0.717) is 35.6 Å². The molecule has 0 unspecified atom stereocenters. The lowest BCUT2D eigenvalue weighted by Gasteiger charge is -2.21. The second-order valence-electron chi connectivity index (χ2n) is 7.46. The predicted molar refractivity (Wildman–Crippen MR) is 111 cm³/mol. The topological polar surface area (TPSA) is 76.3 Å². The van der Waals surface area contributed by atoms with Crippen molar-refractivity contribution in [3.8, 4) is 11.4 Å². The lowest BCUT2D eigenvalue weighted by Crippen LogP contribution is -2.30. The molecule has 1 fully saturated rings. The fourth-order valence-corrected chi connectivity index (χ4v) is 5.39. The van der Waals surface area contributed by atoms with Gasteiger partial charge in [0.1, 0.15) is 6.04 Å². The molecule has 0 bridgehead atoms. The Labute approximate surface area is 175 Å². The molecule has 4 rings (SSSR count). The van der Waals surface area contributed by atoms with Crippen LogP contribution >= 0.6 is 11.6 Å². The smallest absolute Gasteiger partial charge is 0.245 e. The molecule has 8 heteroatoms. The molecule has 2 aromatic carbocycles. The Morgan fingerprint density at radius 2 is 1.93 bits per heavy atom. The Kier molecular flexibility index (Phi) is 5.46. The summed E-state index contributed by atoms with van der Waals surface area (Å²) in [5.41, 5.74) is 1.83. The van der Waals surface area contributed by atoms with E-state index in [1.165, 1.54) is 4.31 Å². The lowest BCUT2D eigenvalue weighted by molar-refractivity contribution is 0.290. The molecule has 0 saturated carbocycles. The largest absolute Gasteiger partial charge is 0.337 e. The summed E-state index contributed by atoms with van der Waals surface area (Å²) in [6.45, 7) is 4.58. The Hall–Kier alpha value is -2.22. The van der Waals surface area contributed by atoms with Gasteiger partial charge in [0.2, 0.25) is 21.7 Å². The van der Waals surface area contributed by atoms with Gasteiger partial charge in [-0.05, 0) is 48.6 Å². The molecule has 1 atom stereocenters. The van der Waals surface area contributed by atoms with Gasteiger partial charge in [0, 0.05) is 17.1 Å². The van der Waals surface area contributed by atoms with Crippen molar-refractivity contribution in [3.63, 3.8) is 0 Å². The molecule has 0 radical (unpaired) electrons. The molecule has 3 aromatic rings. The third-order valence-corrected chi connectivity index (χ3v) is 7.32. The molecule has 0 spiro atoms. The highest BCUT2D eigenvalue weighted by molar-refractivity contribution is 7.89. The van der Waals surface area contributed by atoms with E-state index in [4.69, 9.17) is 16.1 Å². The van der Waals surface area contributed by atoms with E-state index in [1.807, 2.05) is 18.2 Å². The van der Waals surface area contributed by atoms with Gasteiger partial charge in [-0.15, -0.1) is 0 Å². The first-order valence-electron chi connectivity index (χ1n) is 9.57. The van der Waals surface area contributed by atoms with Crippen molar-refractivity contribution < 1.29 is 12.9 Å². The van der Waals surface area contributed by atoms with Gasteiger partial charge in [-0.2, -0.15) is 9.29 Å². The fourth-order valence-electron chi connectivity index (χ4n) is 3.55. The van der Waals surface area contributed by atoms with Crippen LogP contribution in [-0.2, 0) is 10.0 Å². The maximum Gasteiger partial charge on any atom is 0.245 e. The first kappa shape index (κ1) is 20.1. The summed E-state index contributed by atoms with van der Waals surface area (Å²) in [6.07, 6.45) is 1.38. The van der Waals surface area contributed by atoms with E-state index >= 15 is 0 Å². The van der Waals surface area contributed by atoms with Gasteiger partial charge in [-0.3, -0.25) is 0 Å². The van der Waals surface area contributed by atoms with Crippen LogP contribution in [0, 0.1) is 0 Å². The normalized spacial score (nSPS) is 17.9. The first-order valence-corrected chi connectivity index (χ1v) is 11.4. The van der Waals surface area contributed by atoms with Crippen LogP contribution in [0.2, 0.25) is 5.02 Å². The van der Waals surface area contributed by atoms with Gasteiger partial charge in [0.25, 0.3) is 0 Å². The third-order valence-electron chi connectivity index (χ3n) is 5.17. The molecule has 0 N–H and O–H groups in total. The monoisotopic (exact) mass is 431 g/mol. The number of nitrogens with zero attached hydrogens (tertiary/aromatic N) is 3. The number of hydrogen-bond acceptors (Lipinski definition) is 5. The minimum absolute atomic E-state index is 0.281. The molecule has 1 saturated heterocycles. The van der Waals surface area contributed by atoms with Crippen molar-refractivity contribution >= 4 is 21.6 Å². The van der Waals surface area contributed by atoms with E-state index in [9.17, 15) is 8.42 Å². The molecule has 1 aliphatic rings. The highest BCUT2D eigenvalue weighted by Crippen LogP contribution is 2.36. The van der Waals surface area contributed by atoms with Crippen LogP contribution in [0.5, 0.6) is 0 Å². The number of halogens is 1. The highest BCUT2D eigenvalue weighted by atomic mass is 35.5. The minimum Gasteiger partial charge on any atom is -0.337 e. The zero-order valence-corrected chi connectivity index (χ0v) is 17.8. The maximum atomic E-state index is 13.2. The van der Waals surface area contributed by atoms with E-state index in [1.54, 1.807) is 30.3 Å². The summed E-state index contributed by atoms with van der Waals surface area (Å²) in [5, 5.41) is 4.60. The van der Waals surface area contributed by atoms with Crippen molar-refractivity contribution in [1.29, 1.82) is 0 Å². The van der Waals surface area contributed by atoms with Gasteiger partial charge >= 0.3 is 0 Å². The molecule has 0 aliphatic carbocycles. The van der Waals surface area contributed by atoms with Gasteiger partial charge in [0.05, 0.1) is 4.90 Å². The van der Waals surface area contributed by atoms with E-state index in [2.05, 4.69) is 24.0 Å².